The minimum Gasteiger partial charge on any atom is -0.398 e. The molecule has 2 bridgehead atoms. The summed E-state index contributed by atoms with van der Waals surface area (Å²) in [4.78, 5) is 2.51. The van der Waals surface area contributed by atoms with E-state index in [-0.39, 0.29) is 10.8 Å². The Kier molecular flexibility index (Phi) is 7.98. The van der Waals surface area contributed by atoms with Gasteiger partial charge in [0, 0.05) is 29.2 Å². The van der Waals surface area contributed by atoms with Crippen molar-refractivity contribution in [1.29, 1.82) is 0 Å². The Bertz CT molecular complexity index is 2270. The number of nitrogen functional groups attached to an aromatic ring is 1. The Morgan fingerprint density at radius 2 is 1.33 bits per heavy atom. The Hall–Kier alpha value is -4.76. The Balaban J connectivity index is 1.45. The van der Waals surface area contributed by atoms with Gasteiger partial charge in [-0.05, 0) is 148 Å². The summed E-state index contributed by atoms with van der Waals surface area (Å²) >= 11 is 0. The third-order valence-corrected chi connectivity index (χ3v) is 12.1. The van der Waals surface area contributed by atoms with Gasteiger partial charge >= 0.3 is 0 Å². The molecule has 2 nitrogen and oxygen atoms in total. The molecule has 8 rings (SSSR count). The average molecular weight is 665 g/mol. The summed E-state index contributed by atoms with van der Waals surface area (Å²) in [5.41, 5.74) is 28.6. The fraction of sp³-hybridized carbons (Fsp3) is 0.292. The van der Waals surface area contributed by atoms with Crippen LogP contribution in [-0.4, -0.2) is 7.85 Å². The number of anilines is 3. The second kappa shape index (κ2) is 12.2. The number of rotatable bonds is 4. The average Bonchev–Trinajstić information content (AvgIpc) is 3.51. The summed E-state index contributed by atoms with van der Waals surface area (Å²) in [5.74, 6) is 0. The van der Waals surface area contributed by atoms with Crippen LogP contribution in [0.15, 0.2) is 108 Å². The van der Waals surface area contributed by atoms with E-state index < -0.39 is 0 Å². The normalized spacial score (nSPS) is 18.4. The lowest BCUT2D eigenvalue weighted by molar-refractivity contribution is 0.332. The van der Waals surface area contributed by atoms with Crippen molar-refractivity contribution in [3.8, 4) is 11.1 Å². The van der Waals surface area contributed by atoms with E-state index in [1.807, 2.05) is 12.1 Å². The van der Waals surface area contributed by atoms with Crippen molar-refractivity contribution < 1.29 is 0 Å². The van der Waals surface area contributed by atoms with Crippen LogP contribution in [0.25, 0.3) is 16.7 Å². The van der Waals surface area contributed by atoms with Gasteiger partial charge in [-0.15, -0.1) is 0 Å². The minimum absolute atomic E-state index is 0.0687. The lowest BCUT2D eigenvalue weighted by Gasteiger charge is -2.43. The first-order valence-corrected chi connectivity index (χ1v) is 18.6. The molecule has 0 saturated carbocycles. The number of fused-ring (bicyclic) bond motifs is 6. The van der Waals surface area contributed by atoms with Crippen LogP contribution in [0.3, 0.4) is 0 Å². The Morgan fingerprint density at radius 1 is 0.706 bits per heavy atom. The van der Waals surface area contributed by atoms with Crippen LogP contribution >= 0.6 is 0 Å². The van der Waals surface area contributed by atoms with Crippen LogP contribution in [0, 0.1) is 13.8 Å². The summed E-state index contributed by atoms with van der Waals surface area (Å²) in [7, 11) is 7.42. The number of aryl methyl sites for hydroxylation is 2. The predicted molar refractivity (Wildman–Crippen MR) is 219 cm³/mol. The molecular formula is C48H49BN2. The zero-order chi connectivity index (χ0) is 35.8. The van der Waals surface area contributed by atoms with E-state index in [9.17, 15) is 0 Å². The molecule has 0 spiro atoms. The monoisotopic (exact) mass is 664 g/mol. The van der Waals surface area contributed by atoms with Gasteiger partial charge in [0.25, 0.3) is 0 Å². The van der Waals surface area contributed by atoms with Crippen molar-refractivity contribution in [3.05, 3.63) is 158 Å². The lowest BCUT2D eigenvalue weighted by atomic mass is 9.63. The molecule has 2 aliphatic carbocycles. The SMILES string of the molecule is [B]c1c2cc(C)cc1N(c1cc3c(cc1C)C(C)(C)CCC3(C)C)/C(C=C1Cc3ccccc3C1)=C(/C)c1c(Cc3ccccc3N)cccc1-2. The highest BCUT2D eigenvalue weighted by Gasteiger charge is 2.38. The van der Waals surface area contributed by atoms with Crippen LogP contribution in [0.5, 0.6) is 0 Å². The van der Waals surface area contributed by atoms with Crippen LogP contribution in [0.4, 0.5) is 17.1 Å². The molecule has 0 saturated heterocycles. The van der Waals surface area contributed by atoms with Crippen LogP contribution in [-0.2, 0) is 30.1 Å². The molecule has 0 aromatic heterocycles. The van der Waals surface area contributed by atoms with E-state index in [4.69, 9.17) is 13.6 Å². The van der Waals surface area contributed by atoms with Crippen molar-refractivity contribution in [2.45, 2.75) is 91.4 Å². The molecule has 1 aliphatic heterocycles. The molecule has 2 radical (unpaired) electrons. The highest BCUT2D eigenvalue weighted by molar-refractivity contribution is 6.40. The van der Waals surface area contributed by atoms with Crippen molar-refractivity contribution in [2.75, 3.05) is 10.6 Å². The van der Waals surface area contributed by atoms with E-state index >= 15 is 0 Å². The Morgan fingerprint density at radius 3 is 2.02 bits per heavy atom. The van der Waals surface area contributed by atoms with Crippen molar-refractivity contribution in [2.24, 2.45) is 0 Å². The standard InChI is InChI=1S/C48H49BN2/c1-29-21-38-37-17-12-16-36(27-35-15-10-11-18-41(35)50)45(37)31(3)43(26-32-24-33-13-8-9-14-34(33)25-32)51(44(22-29)46(38)49)42-28-40-39(23-30(42)2)47(4,5)19-20-48(40,6)7/h8-18,21-23,26,28H,19-20,24-25,27,50H2,1-7H3/b43-31-. The van der Waals surface area contributed by atoms with Gasteiger partial charge < -0.3 is 10.6 Å². The minimum atomic E-state index is 0.0687. The summed E-state index contributed by atoms with van der Waals surface area (Å²) in [6.45, 7) is 16.5. The molecule has 5 aromatic carbocycles. The van der Waals surface area contributed by atoms with E-state index in [0.29, 0.717) is 0 Å². The fourth-order valence-corrected chi connectivity index (χ4v) is 9.06. The molecule has 3 aliphatic rings. The number of allylic oxidation sites excluding steroid dienone is 3. The van der Waals surface area contributed by atoms with Gasteiger partial charge in [-0.3, -0.25) is 0 Å². The number of para-hydroxylation sites is 1. The predicted octanol–water partition coefficient (Wildman–Crippen LogP) is 10.9. The molecule has 0 unspecified atom stereocenters. The van der Waals surface area contributed by atoms with E-state index in [1.165, 1.54) is 79.0 Å². The molecule has 254 valence electrons. The van der Waals surface area contributed by atoms with E-state index in [1.54, 1.807) is 0 Å². The van der Waals surface area contributed by atoms with Gasteiger partial charge in [-0.2, -0.15) is 0 Å². The van der Waals surface area contributed by atoms with Crippen LogP contribution < -0.4 is 16.1 Å². The molecule has 0 amide bonds. The van der Waals surface area contributed by atoms with E-state index in [2.05, 4.69) is 138 Å². The molecule has 0 fully saturated rings. The van der Waals surface area contributed by atoms with Crippen molar-refractivity contribution in [1.82, 2.24) is 0 Å². The summed E-state index contributed by atoms with van der Waals surface area (Å²) in [6.07, 6.45) is 7.49. The smallest absolute Gasteiger partial charge is 0.117 e. The van der Waals surface area contributed by atoms with Gasteiger partial charge in [0.2, 0.25) is 0 Å². The summed E-state index contributed by atoms with van der Waals surface area (Å²) in [6, 6.07) is 33.4. The van der Waals surface area contributed by atoms with Crippen molar-refractivity contribution in [3.63, 3.8) is 0 Å². The highest BCUT2D eigenvalue weighted by atomic mass is 15.2. The third kappa shape index (κ3) is 5.66. The second-order valence-corrected chi connectivity index (χ2v) is 16.7. The number of hydrogen-bond acceptors (Lipinski definition) is 2. The second-order valence-electron chi connectivity index (χ2n) is 16.7. The van der Waals surface area contributed by atoms with E-state index in [0.717, 1.165) is 53.6 Å². The fourth-order valence-electron chi connectivity index (χ4n) is 9.06. The largest absolute Gasteiger partial charge is 0.398 e. The summed E-state index contributed by atoms with van der Waals surface area (Å²) in [5, 5.41) is 0. The third-order valence-electron chi connectivity index (χ3n) is 12.1. The number of nitrogens with two attached hydrogens (primary N) is 1. The summed E-state index contributed by atoms with van der Waals surface area (Å²) < 4.78 is 0. The topological polar surface area (TPSA) is 29.3 Å². The Labute approximate surface area is 306 Å². The van der Waals surface area contributed by atoms with Gasteiger partial charge in [0.15, 0.2) is 0 Å². The van der Waals surface area contributed by atoms with Crippen LogP contribution in [0.2, 0.25) is 0 Å². The maximum atomic E-state index is 7.42. The first-order chi connectivity index (χ1) is 24.3. The number of hydrogen-bond donors (Lipinski definition) is 1. The molecule has 3 heteroatoms. The quantitative estimate of drug-likeness (QED) is 0.153. The van der Waals surface area contributed by atoms with Gasteiger partial charge in [-0.25, -0.2) is 0 Å². The van der Waals surface area contributed by atoms with Crippen molar-refractivity contribution >= 4 is 35.9 Å². The van der Waals surface area contributed by atoms with Gasteiger partial charge in [0.05, 0.1) is 0 Å². The number of benzene rings is 5. The maximum absolute atomic E-state index is 7.42. The van der Waals surface area contributed by atoms with Gasteiger partial charge in [-0.1, -0.05) is 112 Å². The zero-order valence-electron chi connectivity index (χ0n) is 31.4. The lowest BCUT2D eigenvalue weighted by Crippen LogP contribution is -2.35. The molecule has 51 heavy (non-hydrogen) atoms. The molecule has 0 atom stereocenters. The zero-order valence-corrected chi connectivity index (χ0v) is 31.4. The number of nitrogens with zero attached hydrogens (tertiary/aromatic N) is 1. The first-order valence-electron chi connectivity index (χ1n) is 18.6. The maximum Gasteiger partial charge on any atom is 0.117 e. The molecular weight excluding hydrogens is 615 g/mol. The van der Waals surface area contributed by atoms with Gasteiger partial charge in [0.1, 0.15) is 7.85 Å². The molecule has 2 N–H and O–H groups in total. The van der Waals surface area contributed by atoms with Crippen LogP contribution in [0.1, 0.15) is 97.5 Å². The highest BCUT2D eigenvalue weighted by Crippen LogP contribution is 2.50. The first kappa shape index (κ1) is 33.4. The molecule has 1 heterocycles. The molecule has 5 aromatic rings.